The maximum atomic E-state index is 11.8. The standard InChI is InChI=1S/C15H28N2O2/c1-10-7-12(8-10)16-9-13(11-5-6-11)17-14(18)19-15(2,3)4/h10-13,16H,5-9H2,1-4H3,(H,17,18). The summed E-state index contributed by atoms with van der Waals surface area (Å²) in [7, 11) is 0. The van der Waals surface area contributed by atoms with Gasteiger partial charge in [0.25, 0.3) is 0 Å². The molecule has 2 aliphatic carbocycles. The molecule has 110 valence electrons. The van der Waals surface area contributed by atoms with E-state index in [-0.39, 0.29) is 12.1 Å². The molecule has 0 aromatic heterocycles. The Hall–Kier alpha value is -0.770. The molecule has 2 fully saturated rings. The van der Waals surface area contributed by atoms with Crippen molar-refractivity contribution in [2.24, 2.45) is 11.8 Å². The van der Waals surface area contributed by atoms with Crippen molar-refractivity contribution in [1.82, 2.24) is 10.6 Å². The van der Waals surface area contributed by atoms with Crippen LogP contribution in [-0.4, -0.2) is 30.3 Å². The number of ether oxygens (including phenoxy) is 1. The summed E-state index contributed by atoms with van der Waals surface area (Å²) < 4.78 is 5.33. The lowest BCUT2D eigenvalue weighted by Crippen LogP contribution is -2.50. The van der Waals surface area contributed by atoms with E-state index in [1.807, 2.05) is 20.8 Å². The summed E-state index contributed by atoms with van der Waals surface area (Å²) in [6, 6.07) is 0.877. The molecule has 0 aromatic carbocycles. The van der Waals surface area contributed by atoms with Crippen molar-refractivity contribution in [3.63, 3.8) is 0 Å². The van der Waals surface area contributed by atoms with E-state index in [2.05, 4.69) is 17.6 Å². The fourth-order valence-corrected chi connectivity index (χ4v) is 2.66. The maximum Gasteiger partial charge on any atom is 0.407 e. The molecule has 0 radical (unpaired) electrons. The fraction of sp³-hybridized carbons (Fsp3) is 0.933. The molecular formula is C15H28N2O2. The van der Waals surface area contributed by atoms with E-state index >= 15 is 0 Å². The van der Waals surface area contributed by atoms with Crippen LogP contribution in [0.3, 0.4) is 0 Å². The molecule has 2 saturated carbocycles. The summed E-state index contributed by atoms with van der Waals surface area (Å²) in [5.41, 5.74) is -0.422. The van der Waals surface area contributed by atoms with E-state index < -0.39 is 5.60 Å². The number of hydrogen-bond acceptors (Lipinski definition) is 3. The molecule has 1 unspecified atom stereocenters. The molecule has 0 bridgehead atoms. The average molecular weight is 268 g/mol. The van der Waals surface area contributed by atoms with Gasteiger partial charge >= 0.3 is 6.09 Å². The first-order valence-electron chi connectivity index (χ1n) is 7.56. The van der Waals surface area contributed by atoms with Gasteiger partial charge in [0.05, 0.1) is 0 Å². The topological polar surface area (TPSA) is 50.4 Å². The minimum atomic E-state index is -0.422. The maximum absolute atomic E-state index is 11.8. The molecule has 1 atom stereocenters. The third-order valence-corrected chi connectivity index (χ3v) is 3.89. The number of nitrogens with one attached hydrogen (secondary N) is 2. The second-order valence-corrected chi connectivity index (χ2v) is 7.27. The molecule has 1 amide bonds. The van der Waals surface area contributed by atoms with Crippen LogP contribution in [-0.2, 0) is 4.74 Å². The molecule has 4 heteroatoms. The summed E-state index contributed by atoms with van der Waals surface area (Å²) in [5.74, 6) is 1.49. The van der Waals surface area contributed by atoms with Crippen molar-refractivity contribution in [2.75, 3.05) is 6.54 Å². The molecule has 0 spiro atoms. The SMILES string of the molecule is CC1CC(NCC(NC(=O)OC(C)(C)C)C2CC2)C1. The molecular weight excluding hydrogens is 240 g/mol. The molecule has 0 aromatic rings. The van der Waals surface area contributed by atoms with Crippen LogP contribution in [0, 0.1) is 11.8 Å². The van der Waals surface area contributed by atoms with Gasteiger partial charge in [0, 0.05) is 18.6 Å². The highest BCUT2D eigenvalue weighted by atomic mass is 16.6. The lowest BCUT2D eigenvalue weighted by Gasteiger charge is -2.35. The predicted molar refractivity (Wildman–Crippen MR) is 76.1 cm³/mol. The molecule has 2 rings (SSSR count). The number of carbonyl (C=O) groups excluding carboxylic acids is 1. The van der Waals surface area contributed by atoms with Crippen LogP contribution in [0.15, 0.2) is 0 Å². The van der Waals surface area contributed by atoms with Gasteiger partial charge in [0.15, 0.2) is 0 Å². The average Bonchev–Trinajstić information content (AvgIpc) is 3.01. The van der Waals surface area contributed by atoms with E-state index in [4.69, 9.17) is 4.74 Å². The summed E-state index contributed by atoms with van der Waals surface area (Å²) in [4.78, 5) is 11.8. The number of alkyl carbamates (subject to hydrolysis) is 1. The Morgan fingerprint density at radius 3 is 2.42 bits per heavy atom. The first kappa shape index (κ1) is 14.6. The quantitative estimate of drug-likeness (QED) is 0.806. The summed E-state index contributed by atoms with van der Waals surface area (Å²) in [5, 5.41) is 6.60. The normalized spacial score (nSPS) is 28.4. The number of hydrogen-bond donors (Lipinski definition) is 2. The zero-order valence-electron chi connectivity index (χ0n) is 12.7. The van der Waals surface area contributed by atoms with Gasteiger partial charge < -0.3 is 15.4 Å². The van der Waals surface area contributed by atoms with Crippen LogP contribution < -0.4 is 10.6 Å². The van der Waals surface area contributed by atoms with Crippen LogP contribution in [0.5, 0.6) is 0 Å². The van der Waals surface area contributed by atoms with Gasteiger partial charge in [0.1, 0.15) is 5.60 Å². The second kappa shape index (κ2) is 5.70. The van der Waals surface area contributed by atoms with Crippen molar-refractivity contribution in [2.45, 2.75) is 71.1 Å². The minimum absolute atomic E-state index is 0.228. The molecule has 4 nitrogen and oxygen atoms in total. The number of carbonyl (C=O) groups is 1. The van der Waals surface area contributed by atoms with E-state index in [0.29, 0.717) is 12.0 Å². The van der Waals surface area contributed by atoms with Crippen LogP contribution >= 0.6 is 0 Å². The largest absolute Gasteiger partial charge is 0.444 e. The highest BCUT2D eigenvalue weighted by Crippen LogP contribution is 2.33. The van der Waals surface area contributed by atoms with E-state index in [9.17, 15) is 4.79 Å². The Labute approximate surface area is 116 Å². The van der Waals surface area contributed by atoms with Gasteiger partial charge in [-0.15, -0.1) is 0 Å². The fourth-order valence-electron chi connectivity index (χ4n) is 2.66. The highest BCUT2D eigenvalue weighted by molar-refractivity contribution is 5.68. The van der Waals surface area contributed by atoms with Gasteiger partial charge in [-0.05, 0) is 58.3 Å². The summed E-state index contributed by atoms with van der Waals surface area (Å²) in [6.07, 6.45) is 4.70. The Bertz CT molecular complexity index is 315. The van der Waals surface area contributed by atoms with Crippen molar-refractivity contribution in [3.8, 4) is 0 Å². The third-order valence-electron chi connectivity index (χ3n) is 3.89. The van der Waals surface area contributed by atoms with Crippen LogP contribution in [0.1, 0.15) is 53.4 Å². The van der Waals surface area contributed by atoms with Crippen molar-refractivity contribution < 1.29 is 9.53 Å². The van der Waals surface area contributed by atoms with Gasteiger partial charge in [-0.25, -0.2) is 4.79 Å². The lowest BCUT2D eigenvalue weighted by atomic mass is 9.82. The first-order valence-corrected chi connectivity index (χ1v) is 7.56. The second-order valence-electron chi connectivity index (χ2n) is 7.27. The zero-order valence-corrected chi connectivity index (χ0v) is 12.7. The van der Waals surface area contributed by atoms with Gasteiger partial charge in [-0.2, -0.15) is 0 Å². The van der Waals surface area contributed by atoms with Gasteiger partial charge in [0.2, 0.25) is 0 Å². The predicted octanol–water partition coefficient (Wildman–Crippen LogP) is 2.68. The Kier molecular flexibility index (Phi) is 4.39. The molecule has 2 N–H and O–H groups in total. The van der Waals surface area contributed by atoms with E-state index in [1.54, 1.807) is 0 Å². The number of rotatable bonds is 5. The summed E-state index contributed by atoms with van der Waals surface area (Å²) >= 11 is 0. The molecule has 0 heterocycles. The monoisotopic (exact) mass is 268 g/mol. The molecule has 0 aliphatic heterocycles. The Balaban J connectivity index is 1.72. The van der Waals surface area contributed by atoms with E-state index in [0.717, 1.165) is 12.5 Å². The molecule has 19 heavy (non-hydrogen) atoms. The zero-order chi connectivity index (χ0) is 14.0. The Morgan fingerprint density at radius 2 is 1.95 bits per heavy atom. The highest BCUT2D eigenvalue weighted by Gasteiger charge is 2.34. The first-order chi connectivity index (χ1) is 8.83. The van der Waals surface area contributed by atoms with Crippen LogP contribution in [0.4, 0.5) is 4.79 Å². The van der Waals surface area contributed by atoms with Crippen molar-refractivity contribution in [1.29, 1.82) is 0 Å². The lowest BCUT2D eigenvalue weighted by molar-refractivity contribution is 0.0494. The Morgan fingerprint density at radius 1 is 1.32 bits per heavy atom. The van der Waals surface area contributed by atoms with Crippen LogP contribution in [0.2, 0.25) is 0 Å². The van der Waals surface area contributed by atoms with E-state index in [1.165, 1.54) is 25.7 Å². The smallest absolute Gasteiger partial charge is 0.407 e. The third kappa shape index (κ3) is 5.01. The summed E-state index contributed by atoms with van der Waals surface area (Å²) in [6.45, 7) is 8.85. The van der Waals surface area contributed by atoms with Gasteiger partial charge in [-0.3, -0.25) is 0 Å². The molecule has 0 saturated heterocycles. The number of amides is 1. The van der Waals surface area contributed by atoms with Crippen LogP contribution in [0.25, 0.3) is 0 Å². The van der Waals surface area contributed by atoms with Crippen molar-refractivity contribution >= 4 is 6.09 Å². The molecule has 2 aliphatic rings. The van der Waals surface area contributed by atoms with Gasteiger partial charge in [-0.1, -0.05) is 6.92 Å². The van der Waals surface area contributed by atoms with Crippen molar-refractivity contribution in [3.05, 3.63) is 0 Å². The minimum Gasteiger partial charge on any atom is -0.444 e.